The van der Waals surface area contributed by atoms with Crippen LogP contribution in [0, 0.1) is 0 Å². The molecule has 0 amide bonds. The topological polar surface area (TPSA) is 104 Å². The van der Waals surface area contributed by atoms with E-state index in [0.29, 0.717) is 17.5 Å². The van der Waals surface area contributed by atoms with Crippen molar-refractivity contribution in [1.82, 2.24) is 30.9 Å². The Morgan fingerprint density at radius 2 is 0.867 bits per heavy atom. The normalized spacial score (nSPS) is 18.8. The Bertz CT molecular complexity index is 475. The second-order valence-corrected chi connectivity index (χ2v) is 3.41. The summed E-state index contributed by atoms with van der Waals surface area (Å²) in [6, 6.07) is 0. The van der Waals surface area contributed by atoms with Crippen LogP contribution in [0.4, 0.5) is 0 Å². The van der Waals surface area contributed by atoms with Crippen molar-refractivity contribution in [3.05, 3.63) is 36.1 Å². The summed E-state index contributed by atoms with van der Waals surface area (Å²) >= 11 is 0. The summed E-state index contributed by atoms with van der Waals surface area (Å²) in [5, 5.41) is 8.95. The minimum Gasteiger partial charge on any atom is -0.355 e. The van der Waals surface area contributed by atoms with E-state index in [4.69, 9.17) is 0 Å². The van der Waals surface area contributed by atoms with Gasteiger partial charge in [-0.2, -0.15) is 0 Å². The summed E-state index contributed by atoms with van der Waals surface area (Å²) in [6.45, 7) is 0. The van der Waals surface area contributed by atoms with Crippen molar-refractivity contribution in [3.63, 3.8) is 0 Å². The van der Waals surface area contributed by atoms with Gasteiger partial charge in [-0.15, -0.1) is 0 Å². The summed E-state index contributed by atoms with van der Waals surface area (Å²) < 4.78 is 0. The van der Waals surface area contributed by atoms with E-state index in [-0.39, 0.29) is 0 Å². The zero-order valence-electron chi connectivity index (χ0n) is 7.57. The van der Waals surface area contributed by atoms with Crippen molar-refractivity contribution in [2.75, 3.05) is 0 Å². The highest BCUT2D eigenvalue weighted by molar-refractivity contribution is 5.76. The van der Waals surface area contributed by atoms with E-state index in [9.17, 15) is 0 Å². The lowest BCUT2D eigenvalue weighted by Crippen LogP contribution is -2.05. The van der Waals surface area contributed by atoms with Crippen molar-refractivity contribution >= 4 is 17.1 Å². The lowest BCUT2D eigenvalue weighted by Gasteiger charge is -1.99. The van der Waals surface area contributed by atoms with Gasteiger partial charge < -0.3 is 16.0 Å². The fraction of sp³-hybridized carbons (Fsp3) is 0. The first-order chi connectivity index (χ1) is 7.40. The number of nitrogens with zero attached hydrogens (tertiary/aromatic N) is 3. The Balaban J connectivity index is 1.87. The zero-order valence-corrected chi connectivity index (χ0v) is 7.57. The molecule has 0 saturated carbocycles. The molecule has 3 aliphatic rings. The van der Waals surface area contributed by atoms with E-state index in [0.717, 1.165) is 17.1 Å². The van der Waals surface area contributed by atoms with Gasteiger partial charge in [0, 0.05) is 18.6 Å². The summed E-state index contributed by atoms with van der Waals surface area (Å²) in [6.07, 6.45) is 5.60. The quantitative estimate of drug-likeness (QED) is 0.609. The molecule has 3 N–H and O–H groups in total. The largest absolute Gasteiger partial charge is 0.355 e. The molecule has 0 aromatic carbocycles. The highest BCUT2D eigenvalue weighted by atomic mass is 15.2. The van der Waals surface area contributed by atoms with Gasteiger partial charge in [0.05, 0.1) is 17.1 Å². The number of aromatic nitrogens is 3. The first-order valence-electron chi connectivity index (χ1n) is 4.57. The third kappa shape index (κ3) is 1.15. The molecule has 3 aliphatic heterocycles. The van der Waals surface area contributed by atoms with E-state index in [2.05, 4.69) is 30.9 Å². The van der Waals surface area contributed by atoms with Crippen LogP contribution in [0.5, 0.6) is 0 Å². The van der Waals surface area contributed by atoms with E-state index in [1.807, 2.05) is 18.6 Å². The highest BCUT2D eigenvalue weighted by Crippen LogP contribution is 2.23. The molecule has 4 rings (SSSR count). The van der Waals surface area contributed by atoms with Crippen LogP contribution in [0.3, 0.4) is 0 Å². The molecule has 0 bridgehead atoms. The summed E-state index contributed by atoms with van der Waals surface area (Å²) in [7, 11) is 0. The Labute approximate surface area is 84.8 Å². The molecule has 1 aromatic heterocycles. The molecule has 0 aliphatic carbocycles. The van der Waals surface area contributed by atoms with Gasteiger partial charge in [0.1, 0.15) is 0 Å². The van der Waals surface area contributed by atoms with Gasteiger partial charge in [-0.25, -0.2) is 15.0 Å². The molecule has 0 radical (unpaired) electrons. The van der Waals surface area contributed by atoms with Crippen LogP contribution in [-0.4, -0.2) is 15.0 Å². The Morgan fingerprint density at radius 3 is 1.07 bits per heavy atom. The van der Waals surface area contributed by atoms with E-state index in [1.165, 1.54) is 0 Å². The molecule has 0 fully saturated rings. The third-order valence-corrected chi connectivity index (χ3v) is 2.22. The number of rotatable bonds is 3. The lowest BCUT2D eigenvalue weighted by molar-refractivity contribution is 0.963. The van der Waals surface area contributed by atoms with Crippen molar-refractivity contribution < 1.29 is 0 Å². The average molecular weight is 198 g/mol. The molecule has 0 atom stereocenters. The van der Waals surface area contributed by atoms with Crippen LogP contribution in [0.1, 0.15) is 17.5 Å². The molecule has 0 spiro atoms. The van der Waals surface area contributed by atoms with E-state index in [1.54, 1.807) is 0 Å². The molecule has 72 valence electrons. The molecule has 0 unspecified atom stereocenters. The van der Waals surface area contributed by atoms with Crippen LogP contribution in [0.15, 0.2) is 18.6 Å². The standard InChI is InChI=1S/C9H6N6/c1-4(10-1)7-13-8(5-2-11-5)15-9(14-7)6-3-12-6/h1-3,10-12H. The SMILES string of the molecule is C1=C(c2nc(C3=CN3)nc(C3=CN3)n2)N1. The van der Waals surface area contributed by atoms with Crippen LogP contribution < -0.4 is 16.0 Å². The predicted octanol–water partition coefficient (Wildman–Crippen LogP) is -0.424. The zero-order chi connectivity index (χ0) is 9.83. The van der Waals surface area contributed by atoms with Crippen LogP contribution in [0.25, 0.3) is 17.1 Å². The van der Waals surface area contributed by atoms with E-state index >= 15 is 0 Å². The van der Waals surface area contributed by atoms with Crippen LogP contribution in [-0.2, 0) is 0 Å². The van der Waals surface area contributed by atoms with Gasteiger partial charge in [-0.3, -0.25) is 0 Å². The second kappa shape index (κ2) is 2.17. The summed E-state index contributed by atoms with van der Waals surface area (Å²) in [4.78, 5) is 13.0. The minimum absolute atomic E-state index is 0.694. The van der Waals surface area contributed by atoms with Gasteiger partial charge in [-0.1, -0.05) is 0 Å². The fourth-order valence-corrected chi connectivity index (χ4v) is 1.23. The Hall–Kier alpha value is -2.37. The second-order valence-electron chi connectivity index (χ2n) is 3.41. The maximum absolute atomic E-state index is 4.33. The predicted molar refractivity (Wildman–Crippen MR) is 53.2 cm³/mol. The van der Waals surface area contributed by atoms with Crippen molar-refractivity contribution in [1.29, 1.82) is 0 Å². The average Bonchev–Trinajstić information content (AvgIpc) is 3.20. The number of nitrogens with one attached hydrogen (secondary N) is 3. The first kappa shape index (κ1) is 6.99. The maximum atomic E-state index is 4.33. The van der Waals surface area contributed by atoms with Crippen molar-refractivity contribution in [2.24, 2.45) is 0 Å². The van der Waals surface area contributed by atoms with Gasteiger partial charge in [0.2, 0.25) is 0 Å². The van der Waals surface area contributed by atoms with Gasteiger partial charge in [0.15, 0.2) is 17.5 Å². The van der Waals surface area contributed by atoms with Crippen molar-refractivity contribution in [2.45, 2.75) is 0 Å². The van der Waals surface area contributed by atoms with Crippen LogP contribution in [0.2, 0.25) is 0 Å². The van der Waals surface area contributed by atoms with Gasteiger partial charge in [0.25, 0.3) is 0 Å². The highest BCUT2D eigenvalue weighted by Gasteiger charge is 2.23. The molecule has 0 saturated heterocycles. The lowest BCUT2D eigenvalue weighted by atomic mass is 10.4. The van der Waals surface area contributed by atoms with Crippen molar-refractivity contribution in [3.8, 4) is 0 Å². The summed E-state index contributed by atoms with van der Waals surface area (Å²) in [5.74, 6) is 2.08. The Morgan fingerprint density at radius 1 is 0.600 bits per heavy atom. The number of hydrogen-bond acceptors (Lipinski definition) is 6. The molecule has 15 heavy (non-hydrogen) atoms. The fourth-order valence-electron chi connectivity index (χ4n) is 1.23. The summed E-state index contributed by atoms with van der Waals surface area (Å²) in [5.41, 5.74) is 2.88. The monoisotopic (exact) mass is 198 g/mol. The molecule has 6 heteroatoms. The molecular formula is C9H6N6. The maximum Gasteiger partial charge on any atom is 0.181 e. The molecule has 4 heterocycles. The first-order valence-corrected chi connectivity index (χ1v) is 4.57. The third-order valence-electron chi connectivity index (χ3n) is 2.22. The molecule has 6 nitrogen and oxygen atoms in total. The minimum atomic E-state index is 0.694. The van der Waals surface area contributed by atoms with Crippen LogP contribution >= 0.6 is 0 Å². The number of hydrogen-bond donors (Lipinski definition) is 3. The molecular weight excluding hydrogens is 192 g/mol. The molecule has 1 aromatic rings. The Kier molecular flexibility index (Phi) is 1.01. The smallest absolute Gasteiger partial charge is 0.181 e. The van der Waals surface area contributed by atoms with Gasteiger partial charge in [-0.05, 0) is 0 Å². The van der Waals surface area contributed by atoms with E-state index < -0.39 is 0 Å². The van der Waals surface area contributed by atoms with Gasteiger partial charge >= 0.3 is 0 Å².